The zero-order valence-corrected chi connectivity index (χ0v) is 29.2. The molecule has 0 saturated carbocycles. The summed E-state index contributed by atoms with van der Waals surface area (Å²) < 4.78 is 0. The first-order valence-electron chi connectivity index (χ1n) is 18.3. The Morgan fingerprint density at radius 1 is 0.245 bits per heavy atom. The van der Waals surface area contributed by atoms with Crippen molar-refractivity contribution in [2.75, 3.05) is 4.90 Å². The van der Waals surface area contributed by atoms with Crippen LogP contribution in [0.4, 0.5) is 17.1 Å². The normalized spacial score (nSPS) is 11.4. The van der Waals surface area contributed by atoms with Gasteiger partial charge in [0.1, 0.15) is 0 Å². The third-order valence-corrected chi connectivity index (χ3v) is 10.6. The van der Waals surface area contributed by atoms with E-state index in [0.717, 1.165) is 17.1 Å². The number of nitrogens with zero attached hydrogens (tertiary/aromatic N) is 1. The van der Waals surface area contributed by atoms with Gasteiger partial charge in [0.05, 0.1) is 0 Å². The molecule has 0 aliphatic heterocycles. The Morgan fingerprint density at radius 2 is 0.679 bits per heavy atom. The second-order valence-electron chi connectivity index (χ2n) is 13.7. The van der Waals surface area contributed by atoms with Gasteiger partial charge in [-0.15, -0.1) is 0 Å². The van der Waals surface area contributed by atoms with Gasteiger partial charge >= 0.3 is 0 Å². The van der Waals surface area contributed by atoms with Crippen molar-refractivity contribution in [3.63, 3.8) is 0 Å². The van der Waals surface area contributed by atoms with Crippen LogP contribution in [0, 0.1) is 0 Å². The summed E-state index contributed by atoms with van der Waals surface area (Å²) in [5.74, 6) is 0. The van der Waals surface area contributed by atoms with Crippen LogP contribution < -0.4 is 4.90 Å². The molecule has 0 atom stereocenters. The van der Waals surface area contributed by atoms with Gasteiger partial charge in [-0.05, 0) is 113 Å². The summed E-state index contributed by atoms with van der Waals surface area (Å²) in [6.07, 6.45) is 0. The Balaban J connectivity index is 1.16. The molecule has 53 heavy (non-hydrogen) atoms. The number of benzene rings is 10. The van der Waals surface area contributed by atoms with Crippen LogP contribution in [-0.2, 0) is 0 Å². The lowest BCUT2D eigenvalue weighted by Crippen LogP contribution is -2.10. The van der Waals surface area contributed by atoms with Crippen LogP contribution in [0.15, 0.2) is 212 Å². The van der Waals surface area contributed by atoms with Crippen molar-refractivity contribution in [3.05, 3.63) is 212 Å². The fourth-order valence-corrected chi connectivity index (χ4v) is 8.13. The summed E-state index contributed by atoms with van der Waals surface area (Å²) in [6.45, 7) is 0. The van der Waals surface area contributed by atoms with Crippen molar-refractivity contribution < 1.29 is 0 Å². The molecule has 0 saturated heterocycles. The predicted octanol–water partition coefficient (Wildman–Crippen LogP) is 14.8. The summed E-state index contributed by atoms with van der Waals surface area (Å²) in [5, 5.41) is 10.1. The van der Waals surface area contributed by atoms with Crippen LogP contribution in [0.3, 0.4) is 0 Å². The van der Waals surface area contributed by atoms with Gasteiger partial charge in [0.15, 0.2) is 0 Å². The first-order valence-corrected chi connectivity index (χ1v) is 18.3. The number of anilines is 3. The van der Waals surface area contributed by atoms with E-state index in [4.69, 9.17) is 0 Å². The summed E-state index contributed by atoms with van der Waals surface area (Å²) in [6, 6.07) is 77.2. The summed E-state index contributed by atoms with van der Waals surface area (Å²) >= 11 is 0. The first kappa shape index (κ1) is 30.8. The molecule has 10 aromatic carbocycles. The maximum absolute atomic E-state index is 2.39. The smallest absolute Gasteiger partial charge is 0.0468 e. The van der Waals surface area contributed by atoms with Gasteiger partial charge in [0.2, 0.25) is 0 Å². The van der Waals surface area contributed by atoms with Crippen LogP contribution in [0.5, 0.6) is 0 Å². The molecule has 1 heteroatoms. The van der Waals surface area contributed by atoms with E-state index in [2.05, 4.69) is 217 Å². The van der Waals surface area contributed by atoms with E-state index in [0.29, 0.717) is 0 Å². The van der Waals surface area contributed by atoms with E-state index in [1.807, 2.05) is 0 Å². The highest BCUT2D eigenvalue weighted by Crippen LogP contribution is 2.43. The van der Waals surface area contributed by atoms with Crippen molar-refractivity contribution in [1.29, 1.82) is 0 Å². The number of hydrogen-bond acceptors (Lipinski definition) is 1. The Morgan fingerprint density at radius 3 is 1.28 bits per heavy atom. The van der Waals surface area contributed by atoms with Crippen LogP contribution in [0.2, 0.25) is 0 Å². The molecule has 10 aromatic rings. The molecule has 0 spiro atoms. The summed E-state index contributed by atoms with van der Waals surface area (Å²) in [5.41, 5.74) is 10.6. The average Bonchev–Trinajstić information content (AvgIpc) is 3.24. The molecule has 0 aliphatic carbocycles. The molecule has 0 N–H and O–H groups in total. The number of rotatable bonds is 6. The first-order chi connectivity index (χ1) is 26.3. The Bertz CT molecular complexity index is 2870. The molecule has 10 rings (SSSR count). The average molecular weight is 674 g/mol. The highest BCUT2D eigenvalue weighted by Gasteiger charge is 2.18. The highest BCUT2D eigenvalue weighted by molar-refractivity contribution is 6.25. The highest BCUT2D eigenvalue weighted by atomic mass is 15.1. The van der Waals surface area contributed by atoms with Crippen molar-refractivity contribution in [3.8, 4) is 33.4 Å². The maximum Gasteiger partial charge on any atom is 0.0468 e. The van der Waals surface area contributed by atoms with Crippen molar-refractivity contribution in [2.24, 2.45) is 0 Å². The lowest BCUT2D eigenvalue weighted by molar-refractivity contribution is 1.29. The van der Waals surface area contributed by atoms with Crippen molar-refractivity contribution >= 4 is 60.2 Å². The monoisotopic (exact) mass is 673 g/mol. The Hall–Kier alpha value is -6.96. The van der Waals surface area contributed by atoms with Gasteiger partial charge in [-0.2, -0.15) is 0 Å². The molecule has 0 heterocycles. The molecule has 0 fully saturated rings. The standard InChI is InChI=1S/C52H35N/c1-3-13-36(14-4-1)37-23-28-41(29-24-37)53(43-32-34-50-48-21-10-9-19-46(48)47-20-11-12-22-49(47)51(50)35-43)42-30-25-40(26-31-42)52-44-18-8-7-17-39(44)27-33-45(52)38-15-5-2-6-16-38/h1-35H. The second kappa shape index (κ2) is 13.0. The molecule has 0 aliphatic rings. The van der Waals surface area contributed by atoms with Crippen LogP contribution in [0.1, 0.15) is 0 Å². The largest absolute Gasteiger partial charge is 0.310 e. The van der Waals surface area contributed by atoms with E-state index in [1.165, 1.54) is 76.5 Å². The van der Waals surface area contributed by atoms with Gasteiger partial charge in [0.25, 0.3) is 0 Å². The Labute approximate surface area is 309 Å². The molecule has 1 nitrogen and oxygen atoms in total. The third-order valence-electron chi connectivity index (χ3n) is 10.6. The van der Waals surface area contributed by atoms with Gasteiger partial charge in [-0.3, -0.25) is 0 Å². The van der Waals surface area contributed by atoms with E-state index in [-0.39, 0.29) is 0 Å². The molecule has 0 unspecified atom stereocenters. The van der Waals surface area contributed by atoms with Gasteiger partial charge in [-0.25, -0.2) is 0 Å². The topological polar surface area (TPSA) is 3.24 Å². The lowest BCUT2D eigenvalue weighted by atomic mass is 9.89. The zero-order valence-electron chi connectivity index (χ0n) is 29.2. The van der Waals surface area contributed by atoms with E-state index in [9.17, 15) is 0 Å². The molecular weight excluding hydrogens is 639 g/mol. The zero-order chi connectivity index (χ0) is 35.1. The molecule has 0 radical (unpaired) electrons. The maximum atomic E-state index is 2.39. The van der Waals surface area contributed by atoms with Crippen LogP contribution in [-0.4, -0.2) is 0 Å². The van der Waals surface area contributed by atoms with Gasteiger partial charge in [-0.1, -0.05) is 176 Å². The van der Waals surface area contributed by atoms with Crippen LogP contribution >= 0.6 is 0 Å². The fraction of sp³-hybridized carbons (Fsp3) is 0. The van der Waals surface area contributed by atoms with Crippen molar-refractivity contribution in [2.45, 2.75) is 0 Å². The van der Waals surface area contributed by atoms with Crippen LogP contribution in [0.25, 0.3) is 76.5 Å². The number of hydrogen-bond donors (Lipinski definition) is 0. The summed E-state index contributed by atoms with van der Waals surface area (Å²) in [7, 11) is 0. The van der Waals surface area contributed by atoms with Gasteiger partial charge < -0.3 is 4.90 Å². The molecule has 0 aromatic heterocycles. The minimum absolute atomic E-state index is 1.10. The Kier molecular flexibility index (Phi) is 7.55. The molecule has 0 amide bonds. The molecular formula is C52H35N. The predicted molar refractivity (Wildman–Crippen MR) is 227 cm³/mol. The minimum Gasteiger partial charge on any atom is -0.310 e. The quantitative estimate of drug-likeness (QED) is 0.159. The number of fused-ring (bicyclic) bond motifs is 7. The van der Waals surface area contributed by atoms with E-state index < -0.39 is 0 Å². The molecule has 248 valence electrons. The SMILES string of the molecule is c1ccc(-c2ccc(N(c3ccc(-c4c(-c5ccccc5)ccc5ccccc45)cc3)c3ccc4c5ccccc5c5ccccc5c4c3)cc2)cc1. The van der Waals surface area contributed by atoms with Crippen molar-refractivity contribution in [1.82, 2.24) is 0 Å². The lowest BCUT2D eigenvalue weighted by Gasteiger charge is -2.27. The summed E-state index contributed by atoms with van der Waals surface area (Å²) in [4.78, 5) is 2.39. The minimum atomic E-state index is 1.10. The van der Waals surface area contributed by atoms with E-state index in [1.54, 1.807) is 0 Å². The molecule has 0 bridgehead atoms. The van der Waals surface area contributed by atoms with E-state index >= 15 is 0 Å². The second-order valence-corrected chi connectivity index (χ2v) is 13.7. The third kappa shape index (κ3) is 5.42. The van der Waals surface area contributed by atoms with Gasteiger partial charge in [0, 0.05) is 17.1 Å². The fourth-order valence-electron chi connectivity index (χ4n) is 8.13.